The van der Waals surface area contributed by atoms with Crippen LogP contribution in [0.2, 0.25) is 0 Å². The van der Waals surface area contributed by atoms with Gasteiger partial charge in [0.2, 0.25) is 0 Å². The largest absolute Gasteiger partial charge is 0.416 e. The number of hydrogen-bond donors (Lipinski definition) is 1. The lowest BCUT2D eigenvalue weighted by molar-refractivity contribution is -0.159. The number of hydrogen-bond acceptors (Lipinski definition) is 2. The zero-order chi connectivity index (χ0) is 27.1. The van der Waals surface area contributed by atoms with Crippen molar-refractivity contribution in [2.45, 2.75) is 65.0 Å². The van der Waals surface area contributed by atoms with Crippen molar-refractivity contribution in [3.8, 4) is 0 Å². The Bertz CT molecular complexity index is 1020. The fourth-order valence-electron chi connectivity index (χ4n) is 4.17. The molecule has 0 radical (unpaired) electrons. The highest BCUT2D eigenvalue weighted by atomic mass is 19.4. The highest BCUT2D eigenvalue weighted by molar-refractivity contribution is 5.53. The summed E-state index contributed by atoms with van der Waals surface area (Å²) in [7, 11) is 1.78. The molecule has 2 rings (SSSR count). The zero-order valence-electron chi connectivity index (χ0n) is 21.3. The molecule has 2 nitrogen and oxygen atoms in total. The number of rotatable bonds is 8. The van der Waals surface area contributed by atoms with E-state index >= 15 is 0 Å². The number of halogens is 6. The van der Waals surface area contributed by atoms with Crippen LogP contribution in [-0.4, -0.2) is 36.9 Å². The summed E-state index contributed by atoms with van der Waals surface area (Å²) in [5, 5.41) is 2.77. The predicted molar refractivity (Wildman–Crippen MR) is 133 cm³/mol. The van der Waals surface area contributed by atoms with E-state index in [4.69, 9.17) is 0 Å². The van der Waals surface area contributed by atoms with Crippen LogP contribution in [0.4, 0.5) is 26.3 Å². The Hall–Kier alpha value is -2.74. The molecule has 0 amide bonds. The average Bonchev–Trinajstić information content (AvgIpc) is 3.13. The lowest BCUT2D eigenvalue weighted by Crippen LogP contribution is -2.41. The maximum atomic E-state index is 14.0. The summed E-state index contributed by atoms with van der Waals surface area (Å²) in [4.78, 5) is 1.85. The van der Waals surface area contributed by atoms with E-state index in [0.717, 1.165) is 17.7 Å². The van der Waals surface area contributed by atoms with Gasteiger partial charge in [-0.3, -0.25) is 5.32 Å². The maximum absolute atomic E-state index is 14.0. The van der Waals surface area contributed by atoms with Crippen molar-refractivity contribution in [3.63, 3.8) is 0 Å². The molecule has 1 aliphatic heterocycles. The van der Waals surface area contributed by atoms with Crippen molar-refractivity contribution in [3.05, 3.63) is 94.3 Å². The van der Waals surface area contributed by atoms with Crippen molar-refractivity contribution >= 4 is 0 Å². The van der Waals surface area contributed by atoms with Crippen molar-refractivity contribution in [1.29, 1.82) is 0 Å². The van der Waals surface area contributed by atoms with Gasteiger partial charge in [-0.15, -0.1) is 0 Å². The lowest BCUT2D eigenvalue weighted by atomic mass is 9.95. The van der Waals surface area contributed by atoms with Crippen LogP contribution in [0.1, 0.15) is 52.1 Å². The van der Waals surface area contributed by atoms with E-state index in [0.29, 0.717) is 29.8 Å². The Morgan fingerprint density at radius 2 is 1.75 bits per heavy atom. The minimum Gasteiger partial charge on any atom is -0.377 e. The molecule has 1 aromatic rings. The fourth-order valence-corrected chi connectivity index (χ4v) is 4.17. The second-order valence-corrected chi connectivity index (χ2v) is 8.96. The van der Waals surface area contributed by atoms with Gasteiger partial charge in [-0.05, 0) is 62.5 Å². The molecule has 0 spiro atoms. The molecule has 1 saturated heterocycles. The van der Waals surface area contributed by atoms with Crippen LogP contribution in [0.15, 0.2) is 88.7 Å². The van der Waals surface area contributed by atoms with Gasteiger partial charge in [-0.2, -0.15) is 26.3 Å². The standard InChI is InChI=1S/C28H34F6N2/c1-6-11-21(17-22(12-7-2)27(29,30)31)23(19(3)4)18-25-24(15-16-36(25)5)35-26(28(32,33)34)20-13-9-8-10-14-20/h6,8-14,17-18,24,26,35H,7,15-16H2,1-5H3/b11-6-,21-17+,22-12-,25-18-. The van der Waals surface area contributed by atoms with E-state index in [1.807, 2.05) is 4.90 Å². The smallest absolute Gasteiger partial charge is 0.377 e. The summed E-state index contributed by atoms with van der Waals surface area (Å²) in [6, 6.07) is 5.14. The summed E-state index contributed by atoms with van der Waals surface area (Å²) >= 11 is 0. The van der Waals surface area contributed by atoms with Gasteiger partial charge in [-0.25, -0.2) is 0 Å². The monoisotopic (exact) mass is 512 g/mol. The Balaban J connectivity index is 2.56. The average molecular weight is 513 g/mol. The SMILES string of the molecule is C\C=C/C(=C\C(=C\CC)C(F)(F)F)C(/C=C1/C(NC(c2ccccc2)C(F)(F)F)CCN1C)=C(C)C. The number of nitrogens with zero attached hydrogens (tertiary/aromatic N) is 1. The number of benzene rings is 1. The molecule has 8 heteroatoms. The summed E-state index contributed by atoms with van der Waals surface area (Å²) in [6.07, 6.45) is -1.21. The molecule has 198 valence electrons. The van der Waals surface area contributed by atoms with E-state index in [9.17, 15) is 26.3 Å². The number of alkyl halides is 6. The van der Waals surface area contributed by atoms with Crippen LogP contribution < -0.4 is 5.32 Å². The number of likely N-dealkylation sites (N-methyl/N-ethyl adjacent to an activating group) is 1. The molecule has 2 atom stereocenters. The molecular weight excluding hydrogens is 478 g/mol. The Labute approximate surface area is 209 Å². The number of nitrogens with one attached hydrogen (secondary N) is 1. The summed E-state index contributed by atoms with van der Waals surface area (Å²) in [5.41, 5.74) is 1.58. The Morgan fingerprint density at radius 1 is 1.11 bits per heavy atom. The second-order valence-electron chi connectivity index (χ2n) is 8.96. The van der Waals surface area contributed by atoms with Gasteiger partial charge in [0.1, 0.15) is 6.04 Å². The van der Waals surface area contributed by atoms with Gasteiger partial charge in [0.05, 0.1) is 5.57 Å². The first-order valence-electron chi connectivity index (χ1n) is 11.9. The van der Waals surface area contributed by atoms with Crippen LogP contribution in [-0.2, 0) is 0 Å². The normalized spacial score (nSPS) is 19.9. The highest BCUT2D eigenvalue weighted by Gasteiger charge is 2.43. The third-order valence-corrected chi connectivity index (χ3v) is 5.93. The summed E-state index contributed by atoms with van der Waals surface area (Å²) in [6.45, 7) is 7.42. The van der Waals surface area contributed by atoms with Crippen molar-refractivity contribution in [1.82, 2.24) is 10.2 Å². The molecule has 0 aromatic heterocycles. The molecule has 1 N–H and O–H groups in total. The molecule has 1 aliphatic rings. The first-order valence-corrected chi connectivity index (χ1v) is 11.9. The number of allylic oxidation sites excluding steroid dienone is 9. The molecule has 36 heavy (non-hydrogen) atoms. The van der Waals surface area contributed by atoms with Crippen LogP contribution in [0.25, 0.3) is 0 Å². The molecule has 1 aromatic carbocycles. The van der Waals surface area contributed by atoms with Crippen LogP contribution in [0, 0.1) is 0 Å². The van der Waals surface area contributed by atoms with Crippen molar-refractivity contribution in [2.24, 2.45) is 0 Å². The summed E-state index contributed by atoms with van der Waals surface area (Å²) < 4.78 is 82.9. The van der Waals surface area contributed by atoms with Crippen molar-refractivity contribution in [2.75, 3.05) is 13.6 Å². The second kappa shape index (κ2) is 12.5. The first-order chi connectivity index (χ1) is 16.8. The Kier molecular flexibility index (Phi) is 10.2. The van der Waals surface area contributed by atoms with E-state index in [-0.39, 0.29) is 12.0 Å². The van der Waals surface area contributed by atoms with E-state index in [2.05, 4.69) is 5.32 Å². The topological polar surface area (TPSA) is 15.3 Å². The number of likely N-dealkylation sites (tertiary alicyclic amines) is 1. The van der Waals surface area contributed by atoms with Gasteiger partial charge < -0.3 is 4.90 Å². The molecule has 1 heterocycles. The first kappa shape index (κ1) is 29.5. The quantitative estimate of drug-likeness (QED) is 0.279. The minimum absolute atomic E-state index is 0.107. The highest BCUT2D eigenvalue weighted by Crippen LogP contribution is 2.36. The van der Waals surface area contributed by atoms with Gasteiger partial charge in [0, 0.05) is 25.3 Å². The molecule has 2 unspecified atom stereocenters. The summed E-state index contributed by atoms with van der Waals surface area (Å²) in [5.74, 6) is 0. The minimum atomic E-state index is -4.52. The predicted octanol–water partition coefficient (Wildman–Crippen LogP) is 8.21. The molecule has 1 fully saturated rings. The van der Waals surface area contributed by atoms with Crippen LogP contribution in [0.5, 0.6) is 0 Å². The van der Waals surface area contributed by atoms with Gasteiger partial charge >= 0.3 is 12.4 Å². The van der Waals surface area contributed by atoms with Gasteiger partial charge in [0.15, 0.2) is 0 Å². The van der Waals surface area contributed by atoms with Crippen LogP contribution in [0.3, 0.4) is 0 Å². The van der Waals surface area contributed by atoms with E-state index < -0.39 is 30.0 Å². The van der Waals surface area contributed by atoms with Crippen LogP contribution >= 0.6 is 0 Å². The fraction of sp³-hybridized carbons (Fsp3) is 0.429. The molecule has 0 bridgehead atoms. The van der Waals surface area contributed by atoms with Crippen molar-refractivity contribution < 1.29 is 26.3 Å². The third-order valence-electron chi connectivity index (χ3n) is 5.93. The van der Waals surface area contributed by atoms with Gasteiger partial charge in [-0.1, -0.05) is 61.1 Å². The maximum Gasteiger partial charge on any atom is 0.416 e. The van der Waals surface area contributed by atoms with E-state index in [1.165, 1.54) is 12.1 Å². The van der Waals surface area contributed by atoms with Gasteiger partial charge in [0.25, 0.3) is 0 Å². The molecule has 0 aliphatic carbocycles. The Morgan fingerprint density at radius 3 is 2.25 bits per heavy atom. The third kappa shape index (κ3) is 7.88. The molecule has 0 saturated carbocycles. The van der Waals surface area contributed by atoms with E-state index in [1.54, 1.807) is 71.2 Å². The zero-order valence-corrected chi connectivity index (χ0v) is 21.3. The lowest BCUT2D eigenvalue weighted by Gasteiger charge is -2.27. The molecular formula is C28H34F6N2.